The van der Waals surface area contributed by atoms with E-state index in [1.54, 1.807) is 12.1 Å². The van der Waals surface area contributed by atoms with Crippen LogP contribution >= 0.6 is 0 Å². The summed E-state index contributed by atoms with van der Waals surface area (Å²) < 4.78 is 5.98. The Morgan fingerprint density at radius 2 is 1.13 bits per heavy atom. The molecule has 0 saturated heterocycles. The van der Waals surface area contributed by atoms with Gasteiger partial charge in [-0.15, -0.1) is 0 Å². The van der Waals surface area contributed by atoms with Gasteiger partial charge in [-0.3, -0.25) is 0 Å². The number of ether oxygens (including phenoxy) is 1. The Kier molecular flexibility index (Phi) is 11.9. The van der Waals surface area contributed by atoms with E-state index in [2.05, 4.69) is 19.1 Å². The fourth-order valence-electron chi connectivity index (χ4n) is 5.21. The number of benzene rings is 2. The number of aryl methyl sites for hydroxylation is 3. The first kappa shape index (κ1) is 31.9. The summed E-state index contributed by atoms with van der Waals surface area (Å²) in [7, 11) is 0. The zero-order valence-corrected chi connectivity index (χ0v) is 25.9. The van der Waals surface area contributed by atoms with E-state index in [9.17, 15) is 9.90 Å². The van der Waals surface area contributed by atoms with Gasteiger partial charge in [-0.1, -0.05) is 118 Å². The van der Waals surface area contributed by atoms with Gasteiger partial charge < -0.3 is 9.84 Å². The fourth-order valence-corrected chi connectivity index (χ4v) is 5.21. The number of esters is 1. The van der Waals surface area contributed by atoms with Gasteiger partial charge >= 0.3 is 5.97 Å². The van der Waals surface area contributed by atoms with Crippen molar-refractivity contribution in [3.63, 3.8) is 0 Å². The van der Waals surface area contributed by atoms with E-state index in [4.69, 9.17) is 4.74 Å². The van der Waals surface area contributed by atoms with Crippen molar-refractivity contribution in [2.45, 2.75) is 144 Å². The predicted octanol–water partition coefficient (Wildman–Crippen LogP) is 10.3. The van der Waals surface area contributed by atoms with E-state index in [-0.39, 0.29) is 22.5 Å². The second-order valence-corrected chi connectivity index (χ2v) is 13.3. The molecule has 0 bridgehead atoms. The highest BCUT2D eigenvalue weighted by Crippen LogP contribution is 2.40. The van der Waals surface area contributed by atoms with Crippen LogP contribution in [0.3, 0.4) is 0 Å². The van der Waals surface area contributed by atoms with E-state index in [1.807, 2.05) is 55.4 Å². The SMILES string of the molecule is CCCCCCCCCCCCc1cc(C)c(OC(=O)c2cc(C(C)(C)C)c(O)c(C(C)(C)C)c2)c(C)c1. The summed E-state index contributed by atoms with van der Waals surface area (Å²) in [6.45, 7) is 18.6. The Hall–Kier alpha value is -2.29. The molecule has 3 nitrogen and oxygen atoms in total. The summed E-state index contributed by atoms with van der Waals surface area (Å²) in [5.41, 5.74) is 4.69. The first-order valence-electron chi connectivity index (χ1n) is 15.0. The van der Waals surface area contributed by atoms with E-state index in [1.165, 1.54) is 69.8 Å². The Balaban J connectivity index is 2.03. The summed E-state index contributed by atoms with van der Waals surface area (Å²) in [4.78, 5) is 13.3. The normalized spacial score (nSPS) is 12.1. The maximum atomic E-state index is 13.3. The zero-order valence-electron chi connectivity index (χ0n) is 25.9. The monoisotopic (exact) mass is 522 g/mol. The fraction of sp³-hybridized carbons (Fsp3) is 0.629. The Labute approximate surface area is 233 Å². The van der Waals surface area contributed by atoms with E-state index in [0.717, 1.165) is 28.7 Å². The molecule has 0 amide bonds. The molecule has 0 spiro atoms. The van der Waals surface area contributed by atoms with Crippen LogP contribution in [-0.2, 0) is 17.3 Å². The zero-order chi connectivity index (χ0) is 28.5. The first-order valence-corrected chi connectivity index (χ1v) is 15.0. The van der Waals surface area contributed by atoms with Gasteiger partial charge in [-0.05, 0) is 66.3 Å². The summed E-state index contributed by atoms with van der Waals surface area (Å²) in [5, 5.41) is 11.0. The van der Waals surface area contributed by atoms with Gasteiger partial charge in [-0.2, -0.15) is 0 Å². The highest BCUT2D eigenvalue weighted by Gasteiger charge is 2.28. The van der Waals surface area contributed by atoms with Gasteiger partial charge in [0, 0.05) is 11.1 Å². The summed E-state index contributed by atoms with van der Waals surface area (Å²) in [6.07, 6.45) is 14.5. The number of phenols is 1. The second kappa shape index (κ2) is 14.2. The van der Waals surface area contributed by atoms with Gasteiger partial charge in [-0.25, -0.2) is 4.79 Å². The Bertz CT molecular complexity index is 992. The van der Waals surface area contributed by atoms with Gasteiger partial charge in [0.25, 0.3) is 0 Å². The first-order chi connectivity index (χ1) is 17.8. The van der Waals surface area contributed by atoms with Crippen molar-refractivity contribution in [2.24, 2.45) is 0 Å². The lowest BCUT2D eigenvalue weighted by molar-refractivity contribution is 0.0732. The molecular formula is C35H54O3. The van der Waals surface area contributed by atoms with Crippen molar-refractivity contribution in [1.82, 2.24) is 0 Å². The van der Waals surface area contributed by atoms with Crippen LogP contribution in [0.25, 0.3) is 0 Å². The third-order valence-corrected chi connectivity index (χ3v) is 7.50. The predicted molar refractivity (Wildman–Crippen MR) is 162 cm³/mol. The van der Waals surface area contributed by atoms with Crippen molar-refractivity contribution >= 4 is 5.97 Å². The molecular weight excluding hydrogens is 468 g/mol. The lowest BCUT2D eigenvalue weighted by Crippen LogP contribution is -2.20. The molecule has 1 N–H and O–H groups in total. The van der Waals surface area contributed by atoms with Crippen molar-refractivity contribution in [3.05, 3.63) is 57.6 Å². The lowest BCUT2D eigenvalue weighted by Gasteiger charge is -2.28. The standard InChI is InChI=1S/C35H54O3/c1-10-11-12-13-14-15-16-17-18-19-20-27-21-25(2)32(26(3)22-27)38-33(37)28-23-29(34(4,5)6)31(36)30(24-28)35(7,8)9/h21-24,36H,10-20H2,1-9H3. The summed E-state index contributed by atoms with van der Waals surface area (Å²) in [5.74, 6) is 0.532. The van der Waals surface area contributed by atoms with Crippen molar-refractivity contribution in [3.8, 4) is 11.5 Å². The van der Waals surface area contributed by atoms with Crippen LogP contribution in [0.1, 0.15) is 151 Å². The average Bonchev–Trinajstić information content (AvgIpc) is 2.81. The highest BCUT2D eigenvalue weighted by molar-refractivity contribution is 5.92. The maximum absolute atomic E-state index is 13.3. The Morgan fingerprint density at radius 3 is 1.55 bits per heavy atom. The molecule has 0 aliphatic rings. The van der Waals surface area contributed by atoms with Gasteiger partial charge in [0.05, 0.1) is 5.56 Å². The number of aromatic hydroxyl groups is 1. The lowest BCUT2D eigenvalue weighted by atomic mass is 9.78. The molecule has 212 valence electrons. The molecule has 0 radical (unpaired) electrons. The molecule has 0 atom stereocenters. The minimum atomic E-state index is -0.380. The van der Waals surface area contributed by atoms with Crippen LogP contribution in [0.4, 0.5) is 0 Å². The van der Waals surface area contributed by atoms with Crippen LogP contribution in [0.15, 0.2) is 24.3 Å². The molecule has 3 heteroatoms. The minimum Gasteiger partial charge on any atom is -0.507 e. The minimum absolute atomic E-state index is 0.269. The molecule has 0 aliphatic carbocycles. The third-order valence-electron chi connectivity index (χ3n) is 7.50. The molecule has 2 rings (SSSR count). The number of rotatable bonds is 13. The number of phenolic OH excluding ortho intramolecular Hbond substituents is 1. The molecule has 0 aliphatic heterocycles. The van der Waals surface area contributed by atoms with Crippen molar-refractivity contribution in [2.75, 3.05) is 0 Å². The molecule has 2 aromatic carbocycles. The summed E-state index contributed by atoms with van der Waals surface area (Å²) >= 11 is 0. The molecule has 2 aromatic rings. The molecule has 38 heavy (non-hydrogen) atoms. The van der Waals surface area contributed by atoms with Crippen molar-refractivity contribution < 1.29 is 14.6 Å². The van der Waals surface area contributed by atoms with Crippen LogP contribution in [-0.4, -0.2) is 11.1 Å². The number of hydrogen-bond donors (Lipinski definition) is 1. The smallest absolute Gasteiger partial charge is 0.343 e. The van der Waals surface area contributed by atoms with Gasteiger partial charge in [0.1, 0.15) is 11.5 Å². The quantitative estimate of drug-likeness (QED) is 0.162. The van der Waals surface area contributed by atoms with E-state index >= 15 is 0 Å². The van der Waals surface area contributed by atoms with Crippen LogP contribution in [0.5, 0.6) is 11.5 Å². The number of hydrogen-bond acceptors (Lipinski definition) is 3. The van der Waals surface area contributed by atoms with Crippen LogP contribution < -0.4 is 4.74 Å². The van der Waals surface area contributed by atoms with E-state index < -0.39 is 0 Å². The largest absolute Gasteiger partial charge is 0.507 e. The molecule has 0 unspecified atom stereocenters. The third kappa shape index (κ3) is 9.47. The van der Waals surface area contributed by atoms with Crippen LogP contribution in [0, 0.1) is 13.8 Å². The van der Waals surface area contributed by atoms with E-state index in [0.29, 0.717) is 11.3 Å². The molecule has 0 saturated carbocycles. The maximum Gasteiger partial charge on any atom is 0.343 e. The van der Waals surface area contributed by atoms with Gasteiger partial charge in [0.2, 0.25) is 0 Å². The van der Waals surface area contributed by atoms with Crippen molar-refractivity contribution in [1.29, 1.82) is 0 Å². The topological polar surface area (TPSA) is 46.5 Å². The highest BCUT2D eigenvalue weighted by atomic mass is 16.5. The molecule has 0 heterocycles. The number of unbranched alkanes of at least 4 members (excludes halogenated alkanes) is 9. The van der Waals surface area contributed by atoms with Gasteiger partial charge in [0.15, 0.2) is 0 Å². The Morgan fingerprint density at radius 1 is 0.711 bits per heavy atom. The average molecular weight is 523 g/mol. The van der Waals surface area contributed by atoms with Crippen LogP contribution in [0.2, 0.25) is 0 Å². The molecule has 0 fully saturated rings. The number of carbonyl (C=O) groups excluding carboxylic acids is 1. The second-order valence-electron chi connectivity index (χ2n) is 13.3. The molecule has 0 aromatic heterocycles. The number of carbonyl (C=O) groups is 1. The summed E-state index contributed by atoms with van der Waals surface area (Å²) in [6, 6.07) is 7.91.